The second-order valence-corrected chi connectivity index (χ2v) is 20.4. The first-order valence-corrected chi connectivity index (χ1v) is 26.4. The minimum Gasteiger partial charge on any atom is -0.310 e. The van der Waals surface area contributed by atoms with E-state index in [9.17, 15) is 0 Å². The van der Waals surface area contributed by atoms with Gasteiger partial charge in [0.2, 0.25) is 0 Å². The fourth-order valence-corrected chi connectivity index (χ4v) is 13.3. The van der Waals surface area contributed by atoms with Crippen LogP contribution in [0.3, 0.4) is 0 Å². The number of allylic oxidation sites excluding steroid dienone is 5. The average Bonchev–Trinajstić information content (AvgIpc) is 3.83. The van der Waals surface area contributed by atoms with Crippen LogP contribution in [0.25, 0.3) is 76.8 Å². The van der Waals surface area contributed by atoms with Gasteiger partial charge < -0.3 is 9.80 Å². The molecule has 0 saturated carbocycles. The molecule has 12 aromatic carbocycles. The zero-order valence-electron chi connectivity index (χ0n) is 42.1. The predicted molar refractivity (Wildman–Crippen MR) is 322 cm³/mol. The van der Waals surface area contributed by atoms with E-state index in [1.807, 2.05) is 0 Å². The third-order valence-corrected chi connectivity index (χ3v) is 16.4. The highest BCUT2D eigenvalue weighted by atomic mass is 15.1. The Morgan fingerprint density at radius 3 is 1.47 bits per heavy atom. The molecule has 1 spiro atoms. The molecule has 0 N–H and O–H groups in total. The van der Waals surface area contributed by atoms with Gasteiger partial charge in [0, 0.05) is 34.1 Å². The molecule has 0 saturated heterocycles. The predicted octanol–water partition coefficient (Wildman–Crippen LogP) is 20.1. The fourth-order valence-electron chi connectivity index (χ4n) is 13.3. The van der Waals surface area contributed by atoms with Gasteiger partial charge >= 0.3 is 0 Å². The van der Waals surface area contributed by atoms with Crippen LogP contribution in [-0.4, -0.2) is 0 Å². The monoisotopic (exact) mass is 966 g/mol. The number of para-hydroxylation sites is 2. The van der Waals surface area contributed by atoms with E-state index in [1.54, 1.807) is 0 Å². The van der Waals surface area contributed by atoms with Crippen LogP contribution < -0.4 is 9.80 Å². The molecular formula is C74H50N2. The maximum atomic E-state index is 5.25. The van der Waals surface area contributed by atoms with Crippen molar-refractivity contribution < 1.29 is 0 Å². The van der Waals surface area contributed by atoms with E-state index in [1.165, 1.54) is 105 Å². The van der Waals surface area contributed by atoms with Crippen molar-refractivity contribution >= 4 is 77.6 Å². The summed E-state index contributed by atoms with van der Waals surface area (Å²) in [6.07, 6.45) is 4.58. The summed E-state index contributed by atoms with van der Waals surface area (Å²) in [7, 11) is 0. The summed E-state index contributed by atoms with van der Waals surface area (Å²) in [5, 5.41) is 7.42. The molecule has 3 aliphatic rings. The number of fused-ring (bicyclic) bond motifs is 7. The molecule has 0 fully saturated rings. The maximum absolute atomic E-state index is 5.25. The van der Waals surface area contributed by atoms with Gasteiger partial charge in [0.1, 0.15) is 0 Å². The SMILES string of the molecule is C=C1C2=C(/C=C\C)c3c(ccc4ccccc34)C23c2c(ccc4cc(N(c5ccccc5)c5ccc(-c6ccccc6)cc5)ccc24)-c2ccc4cc(N(c5ccccc5)c5ccc(-c6ccccc6)cc5)cc1c4c23. The Labute approximate surface area is 443 Å². The molecule has 0 aromatic heterocycles. The van der Waals surface area contributed by atoms with Crippen molar-refractivity contribution in [2.24, 2.45) is 0 Å². The van der Waals surface area contributed by atoms with Crippen molar-refractivity contribution in [3.8, 4) is 33.4 Å². The average molecular weight is 967 g/mol. The zero-order chi connectivity index (χ0) is 50.5. The first-order chi connectivity index (χ1) is 37.6. The lowest BCUT2D eigenvalue weighted by atomic mass is 9.61. The Kier molecular flexibility index (Phi) is 9.89. The molecule has 12 aromatic rings. The number of nitrogens with zero attached hydrogens (tertiary/aromatic N) is 2. The van der Waals surface area contributed by atoms with Crippen molar-refractivity contribution in [1.29, 1.82) is 0 Å². The minimum atomic E-state index is -0.635. The van der Waals surface area contributed by atoms with E-state index in [2.05, 4.69) is 290 Å². The number of hydrogen-bond acceptors (Lipinski definition) is 2. The maximum Gasteiger partial charge on any atom is 0.0743 e. The quantitative estimate of drug-likeness (QED) is 0.142. The lowest BCUT2D eigenvalue weighted by Crippen LogP contribution is -2.31. The van der Waals surface area contributed by atoms with Crippen molar-refractivity contribution in [2.75, 3.05) is 9.80 Å². The summed E-state index contributed by atoms with van der Waals surface area (Å²) in [4.78, 5) is 4.79. The molecule has 1 atom stereocenters. The first-order valence-electron chi connectivity index (χ1n) is 26.4. The third-order valence-electron chi connectivity index (χ3n) is 16.4. The molecule has 0 radical (unpaired) electrons. The molecule has 2 nitrogen and oxygen atoms in total. The van der Waals surface area contributed by atoms with Gasteiger partial charge in [-0.1, -0.05) is 207 Å². The van der Waals surface area contributed by atoms with Crippen LogP contribution in [0.1, 0.15) is 34.7 Å². The van der Waals surface area contributed by atoms with Crippen molar-refractivity contribution in [2.45, 2.75) is 12.3 Å². The Balaban J connectivity index is 0.968. The number of anilines is 6. The Hall–Kier alpha value is -9.76. The largest absolute Gasteiger partial charge is 0.310 e. The van der Waals surface area contributed by atoms with Gasteiger partial charge in [-0.15, -0.1) is 0 Å². The van der Waals surface area contributed by atoms with E-state index in [4.69, 9.17) is 6.58 Å². The van der Waals surface area contributed by atoms with E-state index >= 15 is 0 Å². The van der Waals surface area contributed by atoms with Crippen molar-refractivity contribution in [3.05, 3.63) is 313 Å². The highest BCUT2D eigenvalue weighted by Gasteiger charge is 2.57. The molecule has 0 heterocycles. The summed E-state index contributed by atoms with van der Waals surface area (Å²) in [6.45, 7) is 7.40. The van der Waals surface area contributed by atoms with Gasteiger partial charge in [-0.3, -0.25) is 0 Å². The van der Waals surface area contributed by atoms with E-state index in [0.717, 1.165) is 39.7 Å². The van der Waals surface area contributed by atoms with Gasteiger partial charge in [-0.2, -0.15) is 0 Å². The number of rotatable bonds is 9. The van der Waals surface area contributed by atoms with E-state index in [0.29, 0.717) is 0 Å². The molecule has 1 unspecified atom stereocenters. The summed E-state index contributed by atoms with van der Waals surface area (Å²) in [6, 6.07) is 96.0. The van der Waals surface area contributed by atoms with Gasteiger partial charge in [0.05, 0.1) is 5.41 Å². The van der Waals surface area contributed by atoms with Gasteiger partial charge in [0.15, 0.2) is 0 Å². The molecular weight excluding hydrogens is 917 g/mol. The van der Waals surface area contributed by atoms with Gasteiger partial charge in [-0.05, 0) is 190 Å². The number of benzene rings is 12. The van der Waals surface area contributed by atoms with Crippen LogP contribution in [-0.2, 0) is 5.41 Å². The van der Waals surface area contributed by atoms with Crippen LogP contribution in [0.2, 0.25) is 0 Å². The van der Waals surface area contributed by atoms with Crippen LogP contribution in [0.4, 0.5) is 34.1 Å². The molecule has 0 bridgehead atoms. The molecule has 2 heteroatoms. The molecule has 0 amide bonds. The highest BCUT2D eigenvalue weighted by molar-refractivity contribution is 6.21. The standard InChI is InChI=1S/C74H50N2/c1-3-18-66-70-62-28-17-16-23-53(62)35-44-68(70)74-71(66)48(2)67-47-61(76(57-26-14-7-15-27-57)59-38-31-52(32-39-59)50-21-10-5-11-22-50)46-55-34-42-65(73(74)69(55)67)64-41-33-54-45-60(40-43-63(54)72(64)74)75(56-24-12-6-13-25-56)58-36-29-51(30-37-58)49-19-8-4-9-20-49/h3-47H,2H2,1H3/b18-3-. The first kappa shape index (κ1) is 43.8. The Bertz CT molecular complexity index is 4380. The fraction of sp³-hybridized carbons (Fsp3) is 0.0270. The zero-order valence-corrected chi connectivity index (χ0v) is 42.1. The van der Waals surface area contributed by atoms with Crippen LogP contribution >= 0.6 is 0 Å². The van der Waals surface area contributed by atoms with E-state index in [-0.39, 0.29) is 0 Å². The smallest absolute Gasteiger partial charge is 0.0743 e. The summed E-state index contributed by atoms with van der Waals surface area (Å²) < 4.78 is 0. The third kappa shape index (κ3) is 6.41. The lowest BCUT2D eigenvalue weighted by Gasteiger charge is -2.40. The summed E-state index contributed by atoms with van der Waals surface area (Å²) in [5.74, 6) is 0. The number of hydrogen-bond donors (Lipinski definition) is 0. The van der Waals surface area contributed by atoms with Crippen molar-refractivity contribution in [1.82, 2.24) is 0 Å². The molecule has 3 aliphatic carbocycles. The second-order valence-electron chi connectivity index (χ2n) is 20.4. The molecule has 356 valence electrons. The normalized spacial score (nSPS) is 14.9. The molecule has 0 aliphatic heterocycles. The second kappa shape index (κ2) is 17.2. The van der Waals surface area contributed by atoms with Crippen LogP contribution in [0, 0.1) is 0 Å². The van der Waals surface area contributed by atoms with Gasteiger partial charge in [0.25, 0.3) is 0 Å². The lowest BCUT2D eigenvalue weighted by molar-refractivity contribution is 0.801. The van der Waals surface area contributed by atoms with Crippen LogP contribution in [0.5, 0.6) is 0 Å². The Morgan fingerprint density at radius 1 is 0.368 bits per heavy atom. The van der Waals surface area contributed by atoms with Gasteiger partial charge in [-0.25, -0.2) is 0 Å². The molecule has 76 heavy (non-hydrogen) atoms. The highest BCUT2D eigenvalue weighted by Crippen LogP contribution is 2.70. The molecule has 15 rings (SSSR count). The summed E-state index contributed by atoms with van der Waals surface area (Å²) in [5.41, 5.74) is 23.4. The van der Waals surface area contributed by atoms with Crippen LogP contribution in [0.15, 0.2) is 285 Å². The summed E-state index contributed by atoms with van der Waals surface area (Å²) >= 11 is 0. The van der Waals surface area contributed by atoms with E-state index < -0.39 is 5.41 Å². The topological polar surface area (TPSA) is 6.48 Å². The Morgan fingerprint density at radius 2 is 0.855 bits per heavy atom. The van der Waals surface area contributed by atoms with Crippen molar-refractivity contribution in [3.63, 3.8) is 0 Å². The minimum absolute atomic E-state index is 0.635.